The van der Waals surface area contributed by atoms with Crippen molar-refractivity contribution in [2.75, 3.05) is 5.32 Å². The largest absolute Gasteiger partial charge is 0.353 e. The van der Waals surface area contributed by atoms with Gasteiger partial charge in [-0.2, -0.15) is 0 Å². The number of hydrogen-bond acceptors (Lipinski definition) is 4. The normalized spacial score (nSPS) is 13.2. The molecule has 0 spiro atoms. The first-order chi connectivity index (χ1) is 14.5. The highest BCUT2D eigenvalue weighted by molar-refractivity contribution is 9.10. The molecular weight excluding hydrogens is 448 g/mol. The molecule has 0 atom stereocenters. The molecule has 2 N–H and O–H groups in total. The summed E-state index contributed by atoms with van der Waals surface area (Å²) < 4.78 is 2.18. The molecule has 0 aliphatic heterocycles. The number of rotatable bonds is 7. The lowest BCUT2D eigenvalue weighted by Crippen LogP contribution is -2.32. The number of benzene rings is 2. The van der Waals surface area contributed by atoms with Gasteiger partial charge in [0, 0.05) is 23.4 Å². The molecule has 0 unspecified atom stereocenters. The molecule has 1 heterocycles. The van der Waals surface area contributed by atoms with Gasteiger partial charge in [0.2, 0.25) is 11.8 Å². The van der Waals surface area contributed by atoms with E-state index in [4.69, 9.17) is 0 Å². The summed E-state index contributed by atoms with van der Waals surface area (Å²) in [6.45, 7) is -0.148. The van der Waals surface area contributed by atoms with Crippen LogP contribution in [0.1, 0.15) is 25.0 Å². The molecular formula is C22H21BrN4O3. The number of aryl methyl sites for hydroxylation is 1. The van der Waals surface area contributed by atoms with E-state index in [-0.39, 0.29) is 48.5 Å². The molecule has 3 aromatic rings. The van der Waals surface area contributed by atoms with Gasteiger partial charge < -0.3 is 10.6 Å². The minimum absolute atomic E-state index is 0.0786. The third-order valence-electron chi connectivity index (χ3n) is 4.90. The number of amides is 2. The van der Waals surface area contributed by atoms with Crippen LogP contribution in [0.25, 0.3) is 11.0 Å². The number of carbonyl (C=O) groups excluding carboxylic acids is 2. The molecule has 30 heavy (non-hydrogen) atoms. The van der Waals surface area contributed by atoms with Crippen molar-refractivity contribution in [3.63, 3.8) is 0 Å². The summed E-state index contributed by atoms with van der Waals surface area (Å²) in [6.07, 6.45) is 2.45. The number of para-hydroxylation sites is 3. The third kappa shape index (κ3) is 4.76. The highest BCUT2D eigenvalue weighted by atomic mass is 79.9. The molecule has 7 nitrogen and oxygen atoms in total. The smallest absolute Gasteiger partial charge is 0.273 e. The van der Waals surface area contributed by atoms with Gasteiger partial charge in [0.05, 0.1) is 16.7 Å². The van der Waals surface area contributed by atoms with Crippen molar-refractivity contribution in [3.05, 3.63) is 69.1 Å². The van der Waals surface area contributed by atoms with Gasteiger partial charge in [-0.25, -0.2) is 4.98 Å². The van der Waals surface area contributed by atoms with Crippen molar-refractivity contribution >= 4 is 44.5 Å². The van der Waals surface area contributed by atoms with Crippen molar-refractivity contribution in [2.24, 2.45) is 0 Å². The maximum absolute atomic E-state index is 13.1. The zero-order valence-electron chi connectivity index (χ0n) is 16.2. The van der Waals surface area contributed by atoms with E-state index >= 15 is 0 Å². The van der Waals surface area contributed by atoms with Gasteiger partial charge in [-0.15, -0.1) is 0 Å². The fourth-order valence-electron chi connectivity index (χ4n) is 3.22. The van der Waals surface area contributed by atoms with E-state index in [0.29, 0.717) is 16.7 Å². The summed E-state index contributed by atoms with van der Waals surface area (Å²) in [7, 11) is 0. The van der Waals surface area contributed by atoms with E-state index in [0.717, 1.165) is 17.3 Å². The van der Waals surface area contributed by atoms with Crippen LogP contribution in [-0.4, -0.2) is 27.4 Å². The number of nitrogens with zero attached hydrogens (tertiary/aromatic N) is 2. The van der Waals surface area contributed by atoms with E-state index in [1.165, 1.54) is 4.57 Å². The SMILES string of the molecule is O=C(Cn1c(=O)c(CCC(=O)NC2CC2)nc2ccccc21)Nc1ccccc1Br. The molecule has 2 aromatic carbocycles. The molecule has 1 saturated carbocycles. The number of hydrogen-bond donors (Lipinski definition) is 2. The van der Waals surface area contributed by atoms with Gasteiger partial charge in [-0.1, -0.05) is 24.3 Å². The van der Waals surface area contributed by atoms with E-state index in [1.54, 1.807) is 24.3 Å². The Labute approximate surface area is 181 Å². The number of aromatic nitrogens is 2. The summed E-state index contributed by atoms with van der Waals surface area (Å²) in [4.78, 5) is 42.2. The minimum atomic E-state index is -0.352. The monoisotopic (exact) mass is 468 g/mol. The molecule has 0 saturated heterocycles. The fourth-order valence-corrected chi connectivity index (χ4v) is 3.60. The summed E-state index contributed by atoms with van der Waals surface area (Å²) in [5.41, 5.74) is 1.76. The molecule has 154 valence electrons. The average molecular weight is 469 g/mol. The van der Waals surface area contributed by atoms with Crippen molar-refractivity contribution in [3.8, 4) is 0 Å². The fraction of sp³-hybridized carbons (Fsp3) is 0.273. The second-order valence-corrected chi connectivity index (χ2v) is 8.16. The van der Waals surface area contributed by atoms with Gasteiger partial charge in [-0.3, -0.25) is 19.0 Å². The third-order valence-corrected chi connectivity index (χ3v) is 5.59. The second-order valence-electron chi connectivity index (χ2n) is 7.31. The number of fused-ring (bicyclic) bond motifs is 1. The molecule has 2 amide bonds. The second kappa shape index (κ2) is 8.79. The van der Waals surface area contributed by atoms with E-state index in [2.05, 4.69) is 31.5 Å². The number of nitrogens with one attached hydrogen (secondary N) is 2. The van der Waals surface area contributed by atoms with Crippen LogP contribution in [0.3, 0.4) is 0 Å². The lowest BCUT2D eigenvalue weighted by Gasteiger charge is -2.13. The van der Waals surface area contributed by atoms with E-state index < -0.39 is 0 Å². The summed E-state index contributed by atoms with van der Waals surface area (Å²) >= 11 is 3.40. The predicted molar refractivity (Wildman–Crippen MR) is 118 cm³/mol. The van der Waals surface area contributed by atoms with E-state index in [1.807, 2.05) is 24.3 Å². The van der Waals surface area contributed by atoms with Gasteiger partial charge in [0.1, 0.15) is 12.2 Å². The van der Waals surface area contributed by atoms with Gasteiger partial charge >= 0.3 is 0 Å². The summed E-state index contributed by atoms with van der Waals surface area (Å²) in [6, 6.07) is 14.7. The molecule has 1 fully saturated rings. The quantitative estimate of drug-likeness (QED) is 0.557. The lowest BCUT2D eigenvalue weighted by molar-refractivity contribution is -0.121. The predicted octanol–water partition coefficient (Wildman–Crippen LogP) is 3.01. The number of carbonyl (C=O) groups is 2. The van der Waals surface area contributed by atoms with Crippen LogP contribution >= 0.6 is 15.9 Å². The van der Waals surface area contributed by atoms with Gasteiger partial charge in [0.15, 0.2) is 0 Å². The molecule has 0 bridgehead atoms. The zero-order valence-corrected chi connectivity index (χ0v) is 17.8. The molecule has 1 aliphatic rings. The minimum Gasteiger partial charge on any atom is -0.353 e. The summed E-state index contributed by atoms with van der Waals surface area (Å²) in [5, 5.41) is 5.73. The van der Waals surface area contributed by atoms with Gasteiger partial charge in [-0.05, 0) is 53.0 Å². The highest BCUT2D eigenvalue weighted by Gasteiger charge is 2.23. The number of halogens is 1. The Morgan fingerprint density at radius 3 is 2.57 bits per heavy atom. The van der Waals surface area contributed by atoms with Crippen molar-refractivity contribution in [1.82, 2.24) is 14.9 Å². The average Bonchev–Trinajstić information content (AvgIpc) is 3.54. The van der Waals surface area contributed by atoms with Crippen LogP contribution < -0.4 is 16.2 Å². The first kappa shape index (κ1) is 20.3. The number of anilines is 1. The van der Waals surface area contributed by atoms with Crippen LogP contribution in [0.5, 0.6) is 0 Å². The van der Waals surface area contributed by atoms with Crippen LogP contribution in [-0.2, 0) is 22.6 Å². The van der Waals surface area contributed by atoms with Crippen molar-refractivity contribution in [1.29, 1.82) is 0 Å². The maximum atomic E-state index is 13.1. The standard InChI is InChI=1S/C22H21BrN4O3/c23-15-5-1-2-6-16(15)26-21(29)13-27-19-8-4-3-7-17(19)25-18(22(27)30)11-12-20(28)24-14-9-10-14/h1-8,14H,9-13H2,(H,24,28)(H,26,29). The van der Waals surface area contributed by atoms with Gasteiger partial charge in [0.25, 0.3) is 5.56 Å². The molecule has 0 radical (unpaired) electrons. The van der Waals surface area contributed by atoms with Crippen molar-refractivity contribution < 1.29 is 9.59 Å². The molecule has 1 aromatic heterocycles. The molecule has 4 rings (SSSR count). The van der Waals surface area contributed by atoms with Crippen LogP contribution in [0.2, 0.25) is 0 Å². The van der Waals surface area contributed by atoms with Crippen LogP contribution in [0.4, 0.5) is 5.69 Å². The first-order valence-electron chi connectivity index (χ1n) is 9.83. The first-order valence-corrected chi connectivity index (χ1v) is 10.6. The Balaban J connectivity index is 1.58. The van der Waals surface area contributed by atoms with Crippen LogP contribution in [0, 0.1) is 0 Å². The highest BCUT2D eigenvalue weighted by Crippen LogP contribution is 2.21. The zero-order chi connectivity index (χ0) is 21.1. The Hall–Kier alpha value is -3.00. The Morgan fingerprint density at radius 2 is 1.80 bits per heavy atom. The maximum Gasteiger partial charge on any atom is 0.273 e. The molecule has 8 heteroatoms. The Morgan fingerprint density at radius 1 is 1.07 bits per heavy atom. The topological polar surface area (TPSA) is 93.1 Å². The van der Waals surface area contributed by atoms with E-state index in [9.17, 15) is 14.4 Å². The lowest BCUT2D eigenvalue weighted by atomic mass is 10.2. The van der Waals surface area contributed by atoms with Crippen molar-refractivity contribution in [2.45, 2.75) is 38.3 Å². The van der Waals surface area contributed by atoms with Crippen LogP contribution in [0.15, 0.2) is 57.8 Å². The molecule has 1 aliphatic carbocycles. The Kier molecular flexibility index (Phi) is 5.94. The Bertz CT molecular complexity index is 1170. The summed E-state index contributed by atoms with van der Waals surface area (Å²) in [5.74, 6) is -0.400.